The topological polar surface area (TPSA) is 26.0 Å². The van der Waals surface area contributed by atoms with E-state index in [1.54, 1.807) is 0 Å². The molecule has 1 heterocycles. The van der Waals surface area contributed by atoms with Gasteiger partial charge in [0.2, 0.25) is 0 Å². The molecule has 0 fully saturated rings. The Kier molecular flexibility index (Phi) is 3.54. The van der Waals surface area contributed by atoms with Crippen LogP contribution in [0, 0.1) is 11.6 Å². The molecule has 1 aromatic carbocycles. The van der Waals surface area contributed by atoms with E-state index in [-0.39, 0.29) is 5.56 Å². The minimum Gasteiger partial charge on any atom is -0.319 e. The van der Waals surface area contributed by atoms with Gasteiger partial charge in [-0.3, -0.25) is 0 Å². The Morgan fingerprint density at radius 1 is 1.24 bits per heavy atom. The smallest absolute Gasteiger partial charge is 0.131 e. The summed E-state index contributed by atoms with van der Waals surface area (Å²) in [5.41, 5.74) is 6.96. The number of hydrogen-bond donors (Lipinski definition) is 1. The molecule has 1 unspecified atom stereocenters. The van der Waals surface area contributed by atoms with Crippen LogP contribution in [0.25, 0.3) is 0 Å². The van der Waals surface area contributed by atoms with Crippen molar-refractivity contribution >= 4 is 11.3 Å². The highest BCUT2D eigenvalue weighted by atomic mass is 32.1. The standard InChI is InChI=1S/C13H13F2NS/c1-2-8-6-7-17-13(8)12(16)11-9(14)4-3-5-10(11)15/h3-7,12H,2,16H2,1H3. The van der Waals surface area contributed by atoms with Gasteiger partial charge in [0.25, 0.3) is 0 Å². The summed E-state index contributed by atoms with van der Waals surface area (Å²) in [5.74, 6) is -1.18. The second-order valence-electron chi connectivity index (χ2n) is 3.78. The molecule has 0 saturated heterocycles. The molecule has 0 aliphatic carbocycles. The van der Waals surface area contributed by atoms with Gasteiger partial charge in [-0.25, -0.2) is 8.78 Å². The Morgan fingerprint density at radius 2 is 1.88 bits per heavy atom. The van der Waals surface area contributed by atoms with Crippen molar-refractivity contribution in [2.75, 3.05) is 0 Å². The third-order valence-electron chi connectivity index (χ3n) is 2.75. The van der Waals surface area contributed by atoms with E-state index >= 15 is 0 Å². The van der Waals surface area contributed by atoms with Crippen LogP contribution in [0.1, 0.15) is 29.0 Å². The molecule has 0 spiro atoms. The van der Waals surface area contributed by atoms with E-state index in [4.69, 9.17) is 5.73 Å². The first kappa shape index (κ1) is 12.2. The Balaban J connectivity index is 2.47. The summed E-state index contributed by atoms with van der Waals surface area (Å²) in [4.78, 5) is 0.830. The molecule has 17 heavy (non-hydrogen) atoms. The quantitative estimate of drug-likeness (QED) is 0.888. The van der Waals surface area contributed by atoms with Crippen molar-refractivity contribution in [3.05, 3.63) is 57.3 Å². The van der Waals surface area contributed by atoms with Crippen molar-refractivity contribution in [2.45, 2.75) is 19.4 Å². The van der Waals surface area contributed by atoms with Gasteiger partial charge in [0.05, 0.1) is 6.04 Å². The normalized spacial score (nSPS) is 12.7. The summed E-state index contributed by atoms with van der Waals surface area (Å²) in [5, 5.41) is 1.90. The van der Waals surface area contributed by atoms with E-state index in [0.29, 0.717) is 0 Å². The highest BCUT2D eigenvalue weighted by molar-refractivity contribution is 7.10. The van der Waals surface area contributed by atoms with E-state index < -0.39 is 17.7 Å². The van der Waals surface area contributed by atoms with Crippen molar-refractivity contribution in [1.29, 1.82) is 0 Å². The summed E-state index contributed by atoms with van der Waals surface area (Å²) < 4.78 is 27.2. The summed E-state index contributed by atoms with van der Waals surface area (Å²) in [6, 6.07) is 5.02. The summed E-state index contributed by atoms with van der Waals surface area (Å²) in [6.07, 6.45) is 0.808. The fraction of sp³-hybridized carbons (Fsp3) is 0.231. The van der Waals surface area contributed by atoms with Crippen molar-refractivity contribution in [2.24, 2.45) is 5.73 Å². The Bertz CT molecular complexity index is 502. The van der Waals surface area contributed by atoms with Gasteiger partial charge in [0, 0.05) is 10.4 Å². The highest BCUT2D eigenvalue weighted by Gasteiger charge is 2.20. The second-order valence-corrected chi connectivity index (χ2v) is 4.72. The minimum atomic E-state index is -0.730. The monoisotopic (exact) mass is 253 g/mol. The summed E-state index contributed by atoms with van der Waals surface area (Å²) in [6.45, 7) is 2.00. The SMILES string of the molecule is CCc1ccsc1C(N)c1c(F)cccc1F. The van der Waals surface area contributed by atoms with Crippen LogP contribution in [0.4, 0.5) is 8.78 Å². The Morgan fingerprint density at radius 3 is 2.47 bits per heavy atom. The van der Waals surface area contributed by atoms with Gasteiger partial charge >= 0.3 is 0 Å². The van der Waals surface area contributed by atoms with Gasteiger partial charge < -0.3 is 5.73 Å². The maximum Gasteiger partial charge on any atom is 0.131 e. The minimum absolute atomic E-state index is 0.0512. The van der Waals surface area contributed by atoms with E-state index in [0.717, 1.165) is 16.9 Å². The van der Waals surface area contributed by atoms with Gasteiger partial charge in [0.1, 0.15) is 11.6 Å². The first-order valence-corrected chi connectivity index (χ1v) is 6.28. The first-order valence-electron chi connectivity index (χ1n) is 5.41. The zero-order valence-corrected chi connectivity index (χ0v) is 10.2. The second kappa shape index (κ2) is 4.94. The molecule has 1 nitrogen and oxygen atoms in total. The lowest BCUT2D eigenvalue weighted by Gasteiger charge is -2.14. The van der Waals surface area contributed by atoms with E-state index in [1.807, 2.05) is 18.4 Å². The third-order valence-corrected chi connectivity index (χ3v) is 3.80. The molecule has 0 saturated carbocycles. The predicted molar refractivity (Wildman–Crippen MR) is 66.1 cm³/mol. The molecule has 2 aromatic rings. The molecule has 2 N–H and O–H groups in total. The summed E-state index contributed by atoms with van der Waals surface area (Å²) >= 11 is 1.44. The number of benzene rings is 1. The van der Waals surface area contributed by atoms with Crippen LogP contribution >= 0.6 is 11.3 Å². The number of aryl methyl sites for hydroxylation is 1. The van der Waals surface area contributed by atoms with E-state index in [9.17, 15) is 8.78 Å². The van der Waals surface area contributed by atoms with Crippen molar-refractivity contribution < 1.29 is 8.78 Å². The Labute approximate surface area is 103 Å². The molecule has 0 radical (unpaired) electrons. The lowest BCUT2D eigenvalue weighted by molar-refractivity contribution is 0.544. The molecular formula is C13H13F2NS. The van der Waals surface area contributed by atoms with Gasteiger partial charge in [0.15, 0.2) is 0 Å². The third kappa shape index (κ3) is 2.23. The van der Waals surface area contributed by atoms with Crippen LogP contribution in [0.2, 0.25) is 0 Å². The molecule has 90 valence electrons. The molecule has 1 atom stereocenters. The molecule has 0 aliphatic rings. The number of thiophene rings is 1. The predicted octanol–water partition coefficient (Wildman–Crippen LogP) is 3.64. The molecule has 0 amide bonds. The molecule has 4 heteroatoms. The Hall–Kier alpha value is -1.26. The van der Waals surface area contributed by atoms with Gasteiger partial charge in [-0.1, -0.05) is 13.0 Å². The molecular weight excluding hydrogens is 240 g/mol. The first-order chi connectivity index (χ1) is 8.15. The van der Waals surface area contributed by atoms with E-state index in [2.05, 4.69) is 0 Å². The number of hydrogen-bond acceptors (Lipinski definition) is 2. The van der Waals surface area contributed by atoms with Crippen LogP contribution in [0.3, 0.4) is 0 Å². The van der Waals surface area contributed by atoms with Crippen LogP contribution in [0.15, 0.2) is 29.6 Å². The molecule has 0 bridgehead atoms. The average Bonchev–Trinajstić information content (AvgIpc) is 2.76. The lowest BCUT2D eigenvalue weighted by Crippen LogP contribution is -2.15. The average molecular weight is 253 g/mol. The highest BCUT2D eigenvalue weighted by Crippen LogP contribution is 2.31. The summed E-state index contributed by atoms with van der Waals surface area (Å²) in [7, 11) is 0. The zero-order chi connectivity index (χ0) is 12.4. The number of halogens is 2. The van der Waals surface area contributed by atoms with Gasteiger partial charge in [-0.2, -0.15) is 0 Å². The number of rotatable bonds is 3. The fourth-order valence-electron chi connectivity index (χ4n) is 1.85. The maximum atomic E-state index is 13.6. The maximum absolute atomic E-state index is 13.6. The van der Waals surface area contributed by atoms with Crippen LogP contribution in [0.5, 0.6) is 0 Å². The van der Waals surface area contributed by atoms with Crippen molar-refractivity contribution in [3.8, 4) is 0 Å². The van der Waals surface area contributed by atoms with Crippen LogP contribution in [-0.4, -0.2) is 0 Å². The largest absolute Gasteiger partial charge is 0.319 e. The van der Waals surface area contributed by atoms with Crippen LogP contribution < -0.4 is 5.73 Å². The van der Waals surface area contributed by atoms with Crippen molar-refractivity contribution in [1.82, 2.24) is 0 Å². The molecule has 1 aromatic heterocycles. The van der Waals surface area contributed by atoms with E-state index in [1.165, 1.54) is 29.5 Å². The molecule has 0 aliphatic heterocycles. The molecule has 2 rings (SSSR count). The van der Waals surface area contributed by atoms with Crippen LogP contribution in [-0.2, 0) is 6.42 Å². The van der Waals surface area contributed by atoms with Crippen molar-refractivity contribution in [3.63, 3.8) is 0 Å². The fourth-order valence-corrected chi connectivity index (χ4v) is 2.86. The number of nitrogens with two attached hydrogens (primary N) is 1. The van der Waals surface area contributed by atoms with Gasteiger partial charge in [-0.05, 0) is 35.6 Å². The zero-order valence-electron chi connectivity index (χ0n) is 9.41. The van der Waals surface area contributed by atoms with Gasteiger partial charge in [-0.15, -0.1) is 11.3 Å². The lowest BCUT2D eigenvalue weighted by atomic mass is 10.0.